The summed E-state index contributed by atoms with van der Waals surface area (Å²) >= 11 is 0. The zero-order valence-electron chi connectivity index (χ0n) is 17.2. The third-order valence-electron chi connectivity index (χ3n) is 4.84. The van der Waals surface area contributed by atoms with Gasteiger partial charge in [-0.1, -0.05) is 6.07 Å². The van der Waals surface area contributed by atoms with Crippen LogP contribution in [-0.4, -0.2) is 55.7 Å². The first-order chi connectivity index (χ1) is 14.5. The van der Waals surface area contributed by atoms with Crippen LogP contribution in [0.2, 0.25) is 0 Å². The number of methoxy groups -OCH3 is 2. The van der Waals surface area contributed by atoms with Crippen molar-refractivity contribution in [3.8, 4) is 11.5 Å². The predicted octanol–water partition coefficient (Wildman–Crippen LogP) is 3.30. The number of hydrogen-bond donors (Lipinski definition) is 1. The van der Waals surface area contributed by atoms with Gasteiger partial charge in [0.05, 0.1) is 31.6 Å². The summed E-state index contributed by atoms with van der Waals surface area (Å²) in [6, 6.07) is 7.46. The van der Waals surface area contributed by atoms with Crippen LogP contribution in [0.25, 0.3) is 0 Å². The van der Waals surface area contributed by atoms with Gasteiger partial charge in [0.25, 0.3) is 5.91 Å². The smallest absolute Gasteiger partial charge is 0.290 e. The van der Waals surface area contributed by atoms with Crippen molar-refractivity contribution < 1.29 is 33.3 Å². The third-order valence-corrected chi connectivity index (χ3v) is 4.84. The van der Waals surface area contributed by atoms with Crippen molar-refractivity contribution in [1.82, 2.24) is 4.90 Å². The van der Waals surface area contributed by atoms with Gasteiger partial charge in [-0.25, -0.2) is 0 Å². The van der Waals surface area contributed by atoms with Crippen LogP contribution in [0.5, 0.6) is 11.5 Å². The van der Waals surface area contributed by atoms with E-state index in [1.807, 2.05) is 6.92 Å². The largest absolute Gasteiger partial charge is 0.503 e. The second-order valence-corrected chi connectivity index (χ2v) is 6.66. The molecule has 1 aliphatic heterocycles. The monoisotopic (exact) mass is 415 g/mol. The highest BCUT2D eigenvalue weighted by atomic mass is 16.5. The molecule has 1 N–H and O–H groups in total. The second kappa shape index (κ2) is 9.49. The number of benzene rings is 1. The minimum absolute atomic E-state index is 0.0291. The van der Waals surface area contributed by atoms with Crippen LogP contribution in [0.15, 0.2) is 52.3 Å². The van der Waals surface area contributed by atoms with Crippen molar-refractivity contribution in [3.05, 3.63) is 59.3 Å². The summed E-state index contributed by atoms with van der Waals surface area (Å²) in [5.41, 5.74) is 0.582. The van der Waals surface area contributed by atoms with Crippen LogP contribution in [0, 0.1) is 0 Å². The van der Waals surface area contributed by atoms with Gasteiger partial charge in [-0.15, -0.1) is 0 Å². The molecular weight excluding hydrogens is 390 g/mol. The number of carbonyl (C=O) groups is 2. The Hall–Kier alpha value is -3.26. The zero-order chi connectivity index (χ0) is 21.7. The summed E-state index contributed by atoms with van der Waals surface area (Å²) in [5.74, 6) is -0.671. The molecule has 0 fully saturated rings. The molecule has 0 unspecified atom stereocenters. The van der Waals surface area contributed by atoms with E-state index in [0.717, 1.165) is 0 Å². The number of aliphatic hydroxyl groups excluding tert-OH is 1. The molecule has 1 aromatic heterocycles. The number of ketones is 1. The second-order valence-electron chi connectivity index (χ2n) is 6.66. The molecule has 1 amide bonds. The molecule has 0 saturated carbocycles. The van der Waals surface area contributed by atoms with E-state index >= 15 is 0 Å². The molecule has 2 aromatic rings. The van der Waals surface area contributed by atoms with E-state index < -0.39 is 23.5 Å². The molecule has 30 heavy (non-hydrogen) atoms. The molecule has 0 radical (unpaired) electrons. The molecule has 2 heterocycles. The Morgan fingerprint density at radius 1 is 1.23 bits per heavy atom. The highest BCUT2D eigenvalue weighted by Crippen LogP contribution is 2.41. The van der Waals surface area contributed by atoms with Gasteiger partial charge in [-0.05, 0) is 43.2 Å². The van der Waals surface area contributed by atoms with Crippen LogP contribution >= 0.6 is 0 Å². The Kier molecular flexibility index (Phi) is 6.79. The van der Waals surface area contributed by atoms with Crippen molar-refractivity contribution in [1.29, 1.82) is 0 Å². The van der Waals surface area contributed by atoms with Gasteiger partial charge in [0.1, 0.15) is 0 Å². The molecule has 1 aliphatic rings. The van der Waals surface area contributed by atoms with Crippen LogP contribution < -0.4 is 9.47 Å². The van der Waals surface area contributed by atoms with Crippen LogP contribution in [0.3, 0.4) is 0 Å². The molecule has 1 aromatic carbocycles. The van der Waals surface area contributed by atoms with Crippen molar-refractivity contribution >= 4 is 11.7 Å². The highest BCUT2D eigenvalue weighted by Gasteiger charge is 2.44. The predicted molar refractivity (Wildman–Crippen MR) is 108 cm³/mol. The summed E-state index contributed by atoms with van der Waals surface area (Å²) in [6.45, 7) is 3.06. The van der Waals surface area contributed by atoms with Crippen molar-refractivity contribution in [2.75, 3.05) is 34.0 Å². The molecule has 160 valence electrons. The zero-order valence-corrected chi connectivity index (χ0v) is 17.2. The molecular formula is C22H25NO7. The van der Waals surface area contributed by atoms with Gasteiger partial charge in [0, 0.05) is 20.3 Å². The lowest BCUT2D eigenvalue weighted by atomic mass is 9.94. The Labute approximate surface area is 174 Å². The number of carbonyl (C=O) groups excluding carboxylic acids is 2. The maximum absolute atomic E-state index is 13.1. The van der Waals surface area contributed by atoms with E-state index in [-0.39, 0.29) is 11.3 Å². The number of amides is 1. The summed E-state index contributed by atoms with van der Waals surface area (Å²) in [7, 11) is 3.09. The fourth-order valence-electron chi connectivity index (χ4n) is 3.51. The minimum Gasteiger partial charge on any atom is -0.503 e. The van der Waals surface area contributed by atoms with Gasteiger partial charge < -0.3 is 28.6 Å². The summed E-state index contributed by atoms with van der Waals surface area (Å²) in [6.07, 6.45) is 1.91. The molecule has 1 atom stereocenters. The molecule has 0 bridgehead atoms. The third kappa shape index (κ3) is 4.04. The standard InChI is InChI=1S/C22H25NO7/c1-4-29-15-9-8-14(13-17(15)28-3)19-18(20(24)16-7-5-12-30-16)21(25)22(26)23(19)10-6-11-27-2/h5,7-9,12-13,19,25H,4,6,10-11H2,1-3H3/t19-/m1/s1. The van der Waals surface area contributed by atoms with Gasteiger partial charge in [-0.2, -0.15) is 0 Å². The van der Waals surface area contributed by atoms with E-state index in [2.05, 4.69) is 0 Å². The number of ether oxygens (including phenoxy) is 3. The van der Waals surface area contributed by atoms with Crippen LogP contribution in [-0.2, 0) is 9.53 Å². The molecule has 8 nitrogen and oxygen atoms in total. The highest BCUT2D eigenvalue weighted by molar-refractivity contribution is 6.15. The van der Waals surface area contributed by atoms with E-state index in [1.165, 1.54) is 24.3 Å². The van der Waals surface area contributed by atoms with Crippen molar-refractivity contribution in [3.63, 3.8) is 0 Å². The van der Waals surface area contributed by atoms with E-state index in [1.54, 1.807) is 31.4 Å². The first-order valence-electron chi connectivity index (χ1n) is 9.65. The van der Waals surface area contributed by atoms with Crippen molar-refractivity contribution in [2.45, 2.75) is 19.4 Å². The topological polar surface area (TPSA) is 98.4 Å². The van der Waals surface area contributed by atoms with Gasteiger partial charge >= 0.3 is 0 Å². The number of rotatable bonds is 10. The Balaban J connectivity index is 2.06. The van der Waals surface area contributed by atoms with Crippen LogP contribution in [0.4, 0.5) is 0 Å². The fraction of sp³-hybridized carbons (Fsp3) is 0.364. The van der Waals surface area contributed by atoms with E-state index in [9.17, 15) is 14.7 Å². The molecule has 0 saturated heterocycles. The van der Waals surface area contributed by atoms with Gasteiger partial charge in [0.15, 0.2) is 23.0 Å². The van der Waals surface area contributed by atoms with E-state index in [0.29, 0.717) is 43.2 Å². The number of Topliss-reactive ketones (excluding diaryl/α,β-unsaturated/α-hetero) is 1. The quantitative estimate of drug-likeness (QED) is 0.470. The fourth-order valence-corrected chi connectivity index (χ4v) is 3.51. The molecule has 0 aliphatic carbocycles. The first-order valence-corrected chi connectivity index (χ1v) is 9.65. The summed E-state index contributed by atoms with van der Waals surface area (Å²) in [4.78, 5) is 27.4. The van der Waals surface area contributed by atoms with E-state index in [4.69, 9.17) is 18.6 Å². The van der Waals surface area contributed by atoms with Gasteiger partial charge in [-0.3, -0.25) is 9.59 Å². The SMILES string of the molecule is CCOc1ccc([C@@H]2C(C(=O)c3ccco3)=C(O)C(=O)N2CCCOC)cc1OC. The number of furan rings is 1. The number of aliphatic hydroxyl groups is 1. The number of hydrogen-bond acceptors (Lipinski definition) is 7. The van der Waals surface area contributed by atoms with Gasteiger partial charge in [0.2, 0.25) is 5.78 Å². The minimum atomic E-state index is -0.795. The Bertz CT molecular complexity index is 933. The normalized spacial score (nSPS) is 16.3. The first kappa shape index (κ1) is 21.4. The summed E-state index contributed by atoms with van der Waals surface area (Å²) < 4.78 is 21.3. The molecule has 0 spiro atoms. The maximum atomic E-state index is 13.1. The molecule has 8 heteroatoms. The average Bonchev–Trinajstić information content (AvgIpc) is 3.37. The lowest BCUT2D eigenvalue weighted by molar-refractivity contribution is -0.129. The Morgan fingerprint density at radius 2 is 2.03 bits per heavy atom. The average molecular weight is 415 g/mol. The number of nitrogens with zero attached hydrogens (tertiary/aromatic N) is 1. The summed E-state index contributed by atoms with van der Waals surface area (Å²) in [5, 5.41) is 10.6. The maximum Gasteiger partial charge on any atom is 0.290 e. The van der Waals surface area contributed by atoms with Crippen molar-refractivity contribution in [2.24, 2.45) is 0 Å². The lowest BCUT2D eigenvalue weighted by Gasteiger charge is -2.27. The van der Waals surface area contributed by atoms with Crippen LogP contribution in [0.1, 0.15) is 35.5 Å². The lowest BCUT2D eigenvalue weighted by Crippen LogP contribution is -2.32. The Morgan fingerprint density at radius 3 is 2.67 bits per heavy atom. The molecule has 3 rings (SSSR count).